The molecule has 0 radical (unpaired) electrons. The second kappa shape index (κ2) is 3.22. The van der Waals surface area contributed by atoms with E-state index in [2.05, 4.69) is 25.1 Å². The molecule has 0 bridgehead atoms. The van der Waals surface area contributed by atoms with Gasteiger partial charge in [0.2, 0.25) is 11.2 Å². The predicted octanol–water partition coefficient (Wildman–Crippen LogP) is 0.806. The topological polar surface area (TPSA) is 93.4 Å². The maximum Gasteiger partial charge on any atom is 0.227 e. The zero-order valence-corrected chi connectivity index (χ0v) is 8.08. The van der Waals surface area contributed by atoms with Crippen molar-refractivity contribution >= 4 is 17.5 Å². The minimum absolute atomic E-state index is 0.0769. The highest BCUT2D eigenvalue weighted by Crippen LogP contribution is 2.18. The Hall–Kier alpha value is -1.69. The minimum atomic E-state index is 0.0769. The molecule has 0 atom stereocenters. The second-order valence-corrected chi connectivity index (χ2v) is 3.03. The molecule has 0 aliphatic heterocycles. The molecule has 72 valence electrons. The van der Waals surface area contributed by atoms with Crippen LogP contribution in [0, 0.1) is 6.92 Å². The van der Waals surface area contributed by atoms with E-state index >= 15 is 0 Å². The summed E-state index contributed by atoms with van der Waals surface area (Å²) >= 11 is 5.65. The minimum Gasteiger partial charge on any atom is -0.368 e. The summed E-state index contributed by atoms with van der Waals surface area (Å²) in [6.45, 7) is 1.86. The fraction of sp³-hybridized carbons (Fsp3) is 0.143. The number of nitrogens with two attached hydrogens (primary N) is 1. The maximum atomic E-state index is 5.65. The van der Waals surface area contributed by atoms with Gasteiger partial charge in [-0.3, -0.25) is 5.10 Å². The van der Waals surface area contributed by atoms with E-state index in [1.807, 2.05) is 6.92 Å². The summed E-state index contributed by atoms with van der Waals surface area (Å²) in [5.41, 5.74) is 7.06. The quantitative estimate of drug-likeness (QED) is 0.726. The molecule has 2 aromatic rings. The molecule has 3 N–H and O–H groups in total. The summed E-state index contributed by atoms with van der Waals surface area (Å²) < 4.78 is 0. The van der Waals surface area contributed by atoms with Crippen LogP contribution in [-0.4, -0.2) is 25.1 Å². The van der Waals surface area contributed by atoms with Crippen LogP contribution in [0.2, 0.25) is 5.28 Å². The van der Waals surface area contributed by atoms with Gasteiger partial charge in [0.25, 0.3) is 0 Å². The lowest BCUT2D eigenvalue weighted by Crippen LogP contribution is -2.00. The lowest BCUT2D eigenvalue weighted by Gasteiger charge is -1.98. The molecule has 0 saturated carbocycles. The Morgan fingerprint density at radius 1 is 1.36 bits per heavy atom. The lowest BCUT2D eigenvalue weighted by molar-refractivity contribution is 1.04. The SMILES string of the molecule is Cc1[nH]ncc1-c1nc(N)nc(Cl)n1. The van der Waals surface area contributed by atoms with Crippen LogP contribution in [-0.2, 0) is 0 Å². The van der Waals surface area contributed by atoms with Crippen molar-refractivity contribution in [1.29, 1.82) is 0 Å². The zero-order chi connectivity index (χ0) is 10.1. The molecule has 14 heavy (non-hydrogen) atoms. The summed E-state index contributed by atoms with van der Waals surface area (Å²) in [6, 6.07) is 0. The molecule has 0 fully saturated rings. The van der Waals surface area contributed by atoms with Gasteiger partial charge < -0.3 is 5.73 Å². The molecule has 0 aliphatic carbocycles. The van der Waals surface area contributed by atoms with Gasteiger partial charge in [0.15, 0.2) is 5.82 Å². The molecule has 0 amide bonds. The van der Waals surface area contributed by atoms with Gasteiger partial charge in [0.1, 0.15) is 0 Å². The lowest BCUT2D eigenvalue weighted by atomic mass is 10.2. The van der Waals surface area contributed by atoms with Crippen molar-refractivity contribution in [2.75, 3.05) is 5.73 Å². The van der Waals surface area contributed by atoms with Crippen molar-refractivity contribution in [3.05, 3.63) is 17.2 Å². The van der Waals surface area contributed by atoms with E-state index in [0.717, 1.165) is 11.3 Å². The van der Waals surface area contributed by atoms with Crippen LogP contribution in [0.4, 0.5) is 5.95 Å². The molecule has 0 aliphatic rings. The number of nitrogens with zero attached hydrogens (tertiary/aromatic N) is 4. The number of aromatic amines is 1. The Labute approximate surface area is 84.6 Å². The van der Waals surface area contributed by atoms with E-state index in [0.29, 0.717) is 5.82 Å². The number of aryl methyl sites for hydroxylation is 1. The highest BCUT2D eigenvalue weighted by Gasteiger charge is 2.09. The first kappa shape index (κ1) is 8.89. The van der Waals surface area contributed by atoms with Crippen molar-refractivity contribution in [3.8, 4) is 11.4 Å². The third-order valence-electron chi connectivity index (χ3n) is 1.70. The molecule has 2 heterocycles. The van der Waals surface area contributed by atoms with Gasteiger partial charge in [-0.1, -0.05) is 0 Å². The number of hydrogen-bond donors (Lipinski definition) is 2. The number of anilines is 1. The Balaban J connectivity index is 2.57. The molecule has 0 aromatic carbocycles. The average Bonchev–Trinajstić information content (AvgIpc) is 2.49. The van der Waals surface area contributed by atoms with E-state index < -0.39 is 0 Å². The largest absolute Gasteiger partial charge is 0.368 e. The van der Waals surface area contributed by atoms with Crippen LogP contribution in [0.25, 0.3) is 11.4 Å². The zero-order valence-electron chi connectivity index (χ0n) is 7.32. The smallest absolute Gasteiger partial charge is 0.227 e. The first-order valence-electron chi connectivity index (χ1n) is 3.84. The van der Waals surface area contributed by atoms with Crippen molar-refractivity contribution in [3.63, 3.8) is 0 Å². The van der Waals surface area contributed by atoms with Crippen molar-refractivity contribution in [1.82, 2.24) is 25.1 Å². The summed E-state index contributed by atoms with van der Waals surface area (Å²) in [7, 11) is 0. The number of H-pyrrole nitrogens is 1. The predicted molar refractivity (Wildman–Crippen MR) is 51.6 cm³/mol. The standard InChI is InChI=1S/C7H7ClN6/c1-3-4(2-10-14-3)5-11-6(8)13-7(9)12-5/h2H,1H3,(H,10,14)(H2,9,11,12,13). The average molecular weight is 211 g/mol. The van der Waals surface area contributed by atoms with Gasteiger partial charge in [0, 0.05) is 5.69 Å². The van der Waals surface area contributed by atoms with Gasteiger partial charge in [0.05, 0.1) is 11.8 Å². The summed E-state index contributed by atoms with van der Waals surface area (Å²) in [4.78, 5) is 11.6. The monoisotopic (exact) mass is 210 g/mol. The Morgan fingerprint density at radius 3 is 2.71 bits per heavy atom. The van der Waals surface area contributed by atoms with Crippen LogP contribution in [0.3, 0.4) is 0 Å². The van der Waals surface area contributed by atoms with Crippen LogP contribution >= 0.6 is 11.6 Å². The summed E-state index contributed by atoms with van der Waals surface area (Å²) in [5, 5.41) is 6.70. The van der Waals surface area contributed by atoms with Crippen LogP contribution in [0.15, 0.2) is 6.20 Å². The van der Waals surface area contributed by atoms with E-state index in [-0.39, 0.29) is 11.2 Å². The van der Waals surface area contributed by atoms with Gasteiger partial charge >= 0.3 is 0 Å². The van der Waals surface area contributed by atoms with Crippen LogP contribution in [0.1, 0.15) is 5.69 Å². The van der Waals surface area contributed by atoms with Crippen molar-refractivity contribution in [2.45, 2.75) is 6.92 Å². The van der Waals surface area contributed by atoms with Gasteiger partial charge in [-0.25, -0.2) is 0 Å². The summed E-state index contributed by atoms with van der Waals surface area (Å²) in [5.74, 6) is 0.523. The normalized spacial score (nSPS) is 10.4. The molecule has 0 saturated heterocycles. The van der Waals surface area contributed by atoms with E-state index in [1.165, 1.54) is 0 Å². The van der Waals surface area contributed by atoms with Crippen molar-refractivity contribution < 1.29 is 0 Å². The van der Waals surface area contributed by atoms with Gasteiger partial charge in [-0.2, -0.15) is 20.1 Å². The molecule has 2 rings (SSSR count). The third kappa shape index (κ3) is 1.51. The number of halogens is 1. The molecule has 0 unspecified atom stereocenters. The van der Waals surface area contributed by atoms with Crippen LogP contribution in [0.5, 0.6) is 0 Å². The molecule has 7 heteroatoms. The molecular formula is C7H7ClN6. The first-order chi connectivity index (χ1) is 6.66. The highest BCUT2D eigenvalue weighted by molar-refractivity contribution is 6.28. The fourth-order valence-corrected chi connectivity index (χ4v) is 1.23. The molecule has 2 aromatic heterocycles. The Morgan fingerprint density at radius 2 is 2.14 bits per heavy atom. The molecule has 0 spiro atoms. The van der Waals surface area contributed by atoms with E-state index in [9.17, 15) is 0 Å². The Bertz CT molecular complexity index is 445. The highest BCUT2D eigenvalue weighted by atomic mass is 35.5. The number of nitrogen functional groups attached to an aromatic ring is 1. The van der Waals surface area contributed by atoms with E-state index in [1.54, 1.807) is 6.20 Å². The van der Waals surface area contributed by atoms with Crippen molar-refractivity contribution in [2.24, 2.45) is 0 Å². The first-order valence-corrected chi connectivity index (χ1v) is 4.22. The van der Waals surface area contributed by atoms with Gasteiger partial charge in [-0.15, -0.1) is 0 Å². The van der Waals surface area contributed by atoms with Gasteiger partial charge in [-0.05, 0) is 18.5 Å². The second-order valence-electron chi connectivity index (χ2n) is 2.69. The number of nitrogens with one attached hydrogen (secondary N) is 1. The fourth-order valence-electron chi connectivity index (χ4n) is 1.06. The summed E-state index contributed by atoms with van der Waals surface area (Å²) in [6.07, 6.45) is 1.61. The number of rotatable bonds is 1. The maximum absolute atomic E-state index is 5.65. The Kier molecular flexibility index (Phi) is 2.05. The van der Waals surface area contributed by atoms with E-state index in [4.69, 9.17) is 17.3 Å². The molecular weight excluding hydrogens is 204 g/mol. The third-order valence-corrected chi connectivity index (χ3v) is 1.87. The molecule has 6 nitrogen and oxygen atoms in total. The number of aromatic nitrogens is 5. The van der Waals surface area contributed by atoms with Crippen LogP contribution < -0.4 is 5.73 Å². The number of hydrogen-bond acceptors (Lipinski definition) is 5.